The van der Waals surface area contributed by atoms with Gasteiger partial charge in [0, 0.05) is 44.0 Å². The summed E-state index contributed by atoms with van der Waals surface area (Å²) in [5.41, 5.74) is 3.02. The molecule has 0 saturated carbocycles. The molecule has 2 heterocycles. The van der Waals surface area contributed by atoms with Gasteiger partial charge in [-0.25, -0.2) is 0 Å². The minimum Gasteiger partial charge on any atom is -0.341 e. The van der Waals surface area contributed by atoms with Crippen LogP contribution in [0.2, 0.25) is 0 Å². The van der Waals surface area contributed by atoms with Crippen LogP contribution >= 0.6 is 0 Å². The zero-order valence-electron chi connectivity index (χ0n) is 13.7. The molecule has 5 heteroatoms. The lowest BCUT2D eigenvalue weighted by Crippen LogP contribution is -2.32. The van der Waals surface area contributed by atoms with Gasteiger partial charge >= 0.3 is 0 Å². The number of carbonyl (C=O) groups excluding carboxylic acids is 2. The monoisotopic (exact) mass is 323 g/mol. The van der Waals surface area contributed by atoms with Crippen molar-refractivity contribution in [1.82, 2.24) is 9.88 Å². The van der Waals surface area contributed by atoms with E-state index in [4.69, 9.17) is 0 Å². The maximum Gasteiger partial charge on any atom is 0.227 e. The minimum absolute atomic E-state index is 0.0106. The van der Waals surface area contributed by atoms with E-state index in [9.17, 15) is 9.59 Å². The quantitative estimate of drug-likeness (QED) is 0.920. The predicted molar refractivity (Wildman–Crippen MR) is 92.2 cm³/mol. The van der Waals surface area contributed by atoms with E-state index in [-0.39, 0.29) is 17.7 Å². The molecule has 1 unspecified atom stereocenters. The molecular weight excluding hydrogens is 302 g/mol. The number of aromatic nitrogens is 1. The first-order valence-electron chi connectivity index (χ1n) is 8.15. The molecule has 0 radical (unpaired) electrons. The Morgan fingerprint density at radius 1 is 1.29 bits per heavy atom. The van der Waals surface area contributed by atoms with Crippen LogP contribution < -0.4 is 5.32 Å². The molecule has 0 spiro atoms. The molecule has 0 bridgehead atoms. The number of carbonyl (C=O) groups is 2. The van der Waals surface area contributed by atoms with Crippen LogP contribution in [0, 0.1) is 5.92 Å². The number of pyridine rings is 1. The van der Waals surface area contributed by atoms with E-state index >= 15 is 0 Å². The van der Waals surface area contributed by atoms with Crippen LogP contribution in [-0.4, -0.2) is 28.7 Å². The molecule has 124 valence electrons. The van der Waals surface area contributed by atoms with Crippen molar-refractivity contribution < 1.29 is 9.59 Å². The average Bonchev–Trinajstić information content (AvgIpc) is 2.60. The number of amides is 2. The summed E-state index contributed by atoms with van der Waals surface area (Å²) in [6.45, 7) is 0.534. The van der Waals surface area contributed by atoms with Crippen LogP contribution in [0.3, 0.4) is 0 Å². The number of hydrogen-bond donors (Lipinski definition) is 1. The summed E-state index contributed by atoms with van der Waals surface area (Å²) in [6.07, 6.45) is 5.11. The standard InChI is InChI=1S/C19H21N3O2/c1-22(13-14-5-4-10-20-12-14)18(23)9-8-16-11-15-6-2-3-7-17(15)21-19(16)24/h2-7,10,12,16H,8-9,11,13H2,1H3,(H,21,24). The zero-order chi connectivity index (χ0) is 16.9. The van der Waals surface area contributed by atoms with E-state index in [1.807, 2.05) is 36.4 Å². The molecule has 1 aromatic carbocycles. The molecule has 1 aliphatic heterocycles. The van der Waals surface area contributed by atoms with Crippen LogP contribution in [0.1, 0.15) is 24.0 Å². The molecule has 24 heavy (non-hydrogen) atoms. The first kappa shape index (κ1) is 16.2. The third-order valence-corrected chi connectivity index (χ3v) is 4.39. The minimum atomic E-state index is -0.143. The van der Waals surface area contributed by atoms with Gasteiger partial charge < -0.3 is 10.2 Å². The molecule has 2 amide bonds. The van der Waals surface area contributed by atoms with Crippen LogP contribution in [0.4, 0.5) is 5.69 Å². The highest BCUT2D eigenvalue weighted by atomic mass is 16.2. The van der Waals surface area contributed by atoms with Gasteiger partial charge in [0.05, 0.1) is 0 Å². The third kappa shape index (κ3) is 3.79. The Hall–Kier alpha value is -2.69. The maximum atomic E-state index is 12.3. The second-order valence-electron chi connectivity index (χ2n) is 6.20. The van der Waals surface area contributed by atoms with Crippen LogP contribution in [-0.2, 0) is 22.6 Å². The first-order valence-corrected chi connectivity index (χ1v) is 8.15. The van der Waals surface area contributed by atoms with Crippen molar-refractivity contribution in [3.63, 3.8) is 0 Å². The van der Waals surface area contributed by atoms with Gasteiger partial charge in [0.2, 0.25) is 11.8 Å². The van der Waals surface area contributed by atoms with Gasteiger partial charge in [-0.2, -0.15) is 0 Å². The van der Waals surface area contributed by atoms with Crippen molar-refractivity contribution in [2.45, 2.75) is 25.8 Å². The lowest BCUT2D eigenvalue weighted by molar-refractivity contribution is -0.131. The smallest absolute Gasteiger partial charge is 0.227 e. The van der Waals surface area contributed by atoms with E-state index in [0.29, 0.717) is 25.8 Å². The first-order chi connectivity index (χ1) is 11.6. The summed E-state index contributed by atoms with van der Waals surface area (Å²) in [5.74, 6) is -0.0856. The van der Waals surface area contributed by atoms with Gasteiger partial charge in [0.1, 0.15) is 0 Å². The Kier molecular flexibility index (Phi) is 4.89. The van der Waals surface area contributed by atoms with Crippen LogP contribution in [0.25, 0.3) is 0 Å². The van der Waals surface area contributed by atoms with Crippen molar-refractivity contribution in [2.75, 3.05) is 12.4 Å². The number of anilines is 1. The van der Waals surface area contributed by atoms with Gasteiger partial charge in [-0.05, 0) is 36.1 Å². The van der Waals surface area contributed by atoms with Gasteiger partial charge in [-0.15, -0.1) is 0 Å². The summed E-state index contributed by atoms with van der Waals surface area (Å²) in [6, 6.07) is 11.6. The second kappa shape index (κ2) is 7.25. The molecule has 0 aliphatic carbocycles. The fourth-order valence-electron chi connectivity index (χ4n) is 2.99. The molecule has 1 aromatic heterocycles. The molecular formula is C19H21N3O2. The lowest BCUT2D eigenvalue weighted by atomic mass is 9.89. The van der Waals surface area contributed by atoms with E-state index in [2.05, 4.69) is 10.3 Å². The van der Waals surface area contributed by atoms with E-state index in [1.54, 1.807) is 24.3 Å². The summed E-state index contributed by atoms with van der Waals surface area (Å²) >= 11 is 0. The van der Waals surface area contributed by atoms with E-state index in [0.717, 1.165) is 16.8 Å². The molecule has 1 N–H and O–H groups in total. The van der Waals surface area contributed by atoms with Gasteiger partial charge in [-0.1, -0.05) is 24.3 Å². The highest BCUT2D eigenvalue weighted by Gasteiger charge is 2.26. The normalized spacial score (nSPS) is 16.2. The molecule has 3 rings (SSSR count). The Bertz CT molecular complexity index is 730. The third-order valence-electron chi connectivity index (χ3n) is 4.39. The number of hydrogen-bond acceptors (Lipinski definition) is 3. The number of benzene rings is 1. The molecule has 5 nitrogen and oxygen atoms in total. The fraction of sp³-hybridized carbons (Fsp3) is 0.316. The molecule has 0 saturated heterocycles. The summed E-state index contributed by atoms with van der Waals surface area (Å²) in [5, 5.41) is 2.93. The van der Waals surface area contributed by atoms with Crippen molar-refractivity contribution in [3.8, 4) is 0 Å². The molecule has 2 aromatic rings. The summed E-state index contributed by atoms with van der Waals surface area (Å²) in [4.78, 5) is 30.2. The van der Waals surface area contributed by atoms with Crippen molar-refractivity contribution >= 4 is 17.5 Å². The lowest BCUT2D eigenvalue weighted by Gasteiger charge is -2.25. The number of fused-ring (bicyclic) bond motifs is 1. The van der Waals surface area contributed by atoms with Crippen molar-refractivity contribution in [3.05, 3.63) is 59.9 Å². The topological polar surface area (TPSA) is 62.3 Å². The summed E-state index contributed by atoms with van der Waals surface area (Å²) in [7, 11) is 1.78. The maximum absolute atomic E-state index is 12.3. The highest BCUT2D eigenvalue weighted by Crippen LogP contribution is 2.27. The Balaban J connectivity index is 1.54. The largest absolute Gasteiger partial charge is 0.341 e. The molecule has 1 atom stereocenters. The number of rotatable bonds is 5. The zero-order valence-corrected chi connectivity index (χ0v) is 13.7. The van der Waals surface area contributed by atoms with Crippen LogP contribution in [0.5, 0.6) is 0 Å². The van der Waals surface area contributed by atoms with E-state index in [1.165, 1.54) is 0 Å². The Morgan fingerprint density at radius 2 is 2.12 bits per heavy atom. The number of nitrogens with zero attached hydrogens (tertiary/aromatic N) is 2. The van der Waals surface area contributed by atoms with E-state index < -0.39 is 0 Å². The molecule has 1 aliphatic rings. The average molecular weight is 323 g/mol. The van der Waals surface area contributed by atoms with Crippen LogP contribution in [0.15, 0.2) is 48.8 Å². The Labute approximate surface area is 141 Å². The highest BCUT2D eigenvalue weighted by molar-refractivity contribution is 5.96. The Morgan fingerprint density at radius 3 is 2.92 bits per heavy atom. The van der Waals surface area contributed by atoms with Gasteiger partial charge in [-0.3, -0.25) is 14.6 Å². The number of para-hydroxylation sites is 1. The predicted octanol–water partition coefficient (Wildman–Crippen LogP) is 2.63. The number of nitrogens with one attached hydrogen (secondary N) is 1. The van der Waals surface area contributed by atoms with Crippen molar-refractivity contribution in [2.24, 2.45) is 5.92 Å². The SMILES string of the molecule is CN(Cc1cccnc1)C(=O)CCC1Cc2ccccc2NC1=O. The second-order valence-corrected chi connectivity index (χ2v) is 6.20. The van der Waals surface area contributed by atoms with Crippen molar-refractivity contribution in [1.29, 1.82) is 0 Å². The fourth-order valence-corrected chi connectivity index (χ4v) is 2.99. The summed E-state index contributed by atoms with van der Waals surface area (Å²) < 4.78 is 0. The van der Waals surface area contributed by atoms with Gasteiger partial charge in [0.25, 0.3) is 0 Å². The molecule has 0 fully saturated rings. The van der Waals surface area contributed by atoms with Gasteiger partial charge in [0.15, 0.2) is 0 Å².